The van der Waals surface area contributed by atoms with Crippen LogP contribution < -0.4 is 10.6 Å². The first kappa shape index (κ1) is 10.2. The van der Waals surface area contributed by atoms with E-state index in [0.29, 0.717) is 0 Å². The molecule has 1 aliphatic rings. The third-order valence-electron chi connectivity index (χ3n) is 2.80. The highest BCUT2D eigenvalue weighted by molar-refractivity contribution is 5.63. The van der Waals surface area contributed by atoms with Crippen LogP contribution in [0.4, 0.5) is 11.5 Å². The van der Waals surface area contributed by atoms with Crippen molar-refractivity contribution in [2.75, 3.05) is 23.7 Å². The minimum absolute atomic E-state index is 0.159. The number of hydrogen-bond acceptors (Lipinski definition) is 4. The first-order valence-corrected chi connectivity index (χ1v) is 5.32. The number of nitrogens with two attached hydrogens (primary N) is 1. The zero-order chi connectivity index (χ0) is 10.8. The first-order valence-electron chi connectivity index (χ1n) is 5.32. The molecule has 1 aromatic heterocycles. The van der Waals surface area contributed by atoms with Crippen molar-refractivity contribution in [2.45, 2.75) is 25.9 Å². The molecule has 0 unspecified atom stereocenters. The summed E-state index contributed by atoms with van der Waals surface area (Å²) in [4.78, 5) is 6.49. The molecular weight excluding hydrogens is 190 g/mol. The lowest BCUT2D eigenvalue weighted by atomic mass is 10.1. The Balaban J connectivity index is 2.15. The molecule has 0 aromatic carbocycles. The zero-order valence-electron chi connectivity index (χ0n) is 8.98. The van der Waals surface area contributed by atoms with Crippen molar-refractivity contribution in [3.8, 4) is 0 Å². The maximum absolute atomic E-state index is 9.41. The van der Waals surface area contributed by atoms with Crippen molar-refractivity contribution in [2.24, 2.45) is 0 Å². The number of nitrogens with zero attached hydrogens (tertiary/aromatic N) is 2. The lowest BCUT2D eigenvalue weighted by Crippen LogP contribution is -2.36. The van der Waals surface area contributed by atoms with E-state index in [1.54, 1.807) is 0 Å². The fraction of sp³-hybridized carbons (Fsp3) is 0.545. The first-order chi connectivity index (χ1) is 7.16. The highest BCUT2D eigenvalue weighted by Crippen LogP contribution is 2.24. The van der Waals surface area contributed by atoms with Crippen molar-refractivity contribution >= 4 is 11.5 Å². The molecule has 1 aromatic rings. The Hall–Kier alpha value is -1.29. The molecule has 0 atom stereocenters. The van der Waals surface area contributed by atoms with E-state index in [-0.39, 0.29) is 6.10 Å². The van der Waals surface area contributed by atoms with Crippen molar-refractivity contribution < 1.29 is 5.11 Å². The number of aliphatic hydroxyl groups is 1. The van der Waals surface area contributed by atoms with Gasteiger partial charge >= 0.3 is 0 Å². The summed E-state index contributed by atoms with van der Waals surface area (Å²) >= 11 is 0. The molecule has 4 nitrogen and oxygen atoms in total. The second kappa shape index (κ2) is 4.06. The second-order valence-corrected chi connectivity index (χ2v) is 4.14. The smallest absolute Gasteiger partial charge is 0.151 e. The summed E-state index contributed by atoms with van der Waals surface area (Å²) in [5.41, 5.74) is 7.73. The summed E-state index contributed by atoms with van der Waals surface area (Å²) in [5, 5.41) is 9.41. The van der Waals surface area contributed by atoms with Gasteiger partial charge in [-0.15, -0.1) is 0 Å². The van der Waals surface area contributed by atoms with E-state index in [2.05, 4.69) is 9.88 Å². The van der Waals surface area contributed by atoms with Gasteiger partial charge in [-0.2, -0.15) is 0 Å². The average molecular weight is 207 g/mol. The molecule has 2 heterocycles. The van der Waals surface area contributed by atoms with Gasteiger partial charge in [-0.05, 0) is 31.4 Å². The SMILES string of the molecule is Cc1cnc(N2CCC(O)CC2)c(N)c1. The van der Waals surface area contributed by atoms with Crippen LogP contribution in [0.25, 0.3) is 0 Å². The van der Waals surface area contributed by atoms with Crippen LogP contribution in [0.15, 0.2) is 12.3 Å². The minimum Gasteiger partial charge on any atom is -0.396 e. The summed E-state index contributed by atoms with van der Waals surface area (Å²) < 4.78 is 0. The summed E-state index contributed by atoms with van der Waals surface area (Å²) in [6.45, 7) is 3.65. The summed E-state index contributed by atoms with van der Waals surface area (Å²) in [6, 6.07) is 1.94. The van der Waals surface area contributed by atoms with Gasteiger partial charge < -0.3 is 15.7 Å². The average Bonchev–Trinajstić information content (AvgIpc) is 2.20. The third kappa shape index (κ3) is 2.21. The molecule has 3 N–H and O–H groups in total. The highest BCUT2D eigenvalue weighted by atomic mass is 16.3. The molecule has 1 aliphatic heterocycles. The molecule has 0 aliphatic carbocycles. The molecule has 0 radical (unpaired) electrons. The molecule has 1 saturated heterocycles. The van der Waals surface area contributed by atoms with Crippen LogP contribution in [0, 0.1) is 6.92 Å². The Morgan fingerprint density at radius 2 is 2.13 bits per heavy atom. The van der Waals surface area contributed by atoms with Crippen molar-refractivity contribution in [3.63, 3.8) is 0 Å². The molecule has 0 amide bonds. The van der Waals surface area contributed by atoms with E-state index >= 15 is 0 Å². The number of aromatic nitrogens is 1. The predicted octanol–water partition coefficient (Wildman–Crippen LogP) is 0.933. The van der Waals surface area contributed by atoms with E-state index in [4.69, 9.17) is 5.73 Å². The number of pyridine rings is 1. The number of aliphatic hydroxyl groups excluding tert-OH is 1. The molecule has 2 rings (SSSR count). The second-order valence-electron chi connectivity index (χ2n) is 4.14. The van der Waals surface area contributed by atoms with Gasteiger partial charge in [0.25, 0.3) is 0 Å². The van der Waals surface area contributed by atoms with E-state index in [0.717, 1.165) is 43.0 Å². The van der Waals surface area contributed by atoms with Crippen LogP contribution in [0.1, 0.15) is 18.4 Å². The Bertz CT molecular complexity index is 346. The van der Waals surface area contributed by atoms with Crippen molar-refractivity contribution in [1.82, 2.24) is 4.98 Å². The largest absolute Gasteiger partial charge is 0.396 e. The molecule has 15 heavy (non-hydrogen) atoms. The zero-order valence-corrected chi connectivity index (χ0v) is 8.98. The van der Waals surface area contributed by atoms with Crippen LogP contribution in [-0.2, 0) is 0 Å². The fourth-order valence-corrected chi connectivity index (χ4v) is 1.93. The van der Waals surface area contributed by atoms with Gasteiger partial charge in [0.1, 0.15) is 0 Å². The summed E-state index contributed by atoms with van der Waals surface area (Å²) in [5.74, 6) is 0.854. The predicted molar refractivity (Wildman–Crippen MR) is 60.8 cm³/mol. The van der Waals surface area contributed by atoms with Crippen LogP contribution in [0.3, 0.4) is 0 Å². The lowest BCUT2D eigenvalue weighted by molar-refractivity contribution is 0.145. The number of hydrogen-bond donors (Lipinski definition) is 2. The maximum atomic E-state index is 9.41. The van der Waals surface area contributed by atoms with Gasteiger partial charge in [0.15, 0.2) is 5.82 Å². The lowest BCUT2D eigenvalue weighted by Gasteiger charge is -2.31. The standard InChI is InChI=1S/C11H17N3O/c1-8-6-10(12)11(13-7-8)14-4-2-9(15)3-5-14/h6-7,9,15H,2-5,12H2,1H3. The van der Waals surface area contributed by atoms with Gasteiger partial charge in [-0.25, -0.2) is 4.98 Å². The van der Waals surface area contributed by atoms with Gasteiger partial charge in [0.05, 0.1) is 11.8 Å². The van der Waals surface area contributed by atoms with Crippen molar-refractivity contribution in [1.29, 1.82) is 0 Å². The number of rotatable bonds is 1. The fourth-order valence-electron chi connectivity index (χ4n) is 1.93. The molecular formula is C11H17N3O. The molecule has 0 bridgehead atoms. The summed E-state index contributed by atoms with van der Waals surface area (Å²) in [6.07, 6.45) is 3.27. The Morgan fingerprint density at radius 3 is 2.73 bits per heavy atom. The van der Waals surface area contributed by atoms with E-state index in [1.165, 1.54) is 0 Å². The maximum Gasteiger partial charge on any atom is 0.151 e. The molecule has 0 saturated carbocycles. The molecule has 0 spiro atoms. The normalized spacial score (nSPS) is 18.1. The quantitative estimate of drug-likeness (QED) is 0.719. The number of piperidine rings is 1. The van der Waals surface area contributed by atoms with Gasteiger partial charge in [0, 0.05) is 19.3 Å². The van der Waals surface area contributed by atoms with Crippen LogP contribution in [0.2, 0.25) is 0 Å². The third-order valence-corrected chi connectivity index (χ3v) is 2.80. The van der Waals surface area contributed by atoms with E-state index < -0.39 is 0 Å². The van der Waals surface area contributed by atoms with Crippen molar-refractivity contribution in [3.05, 3.63) is 17.8 Å². The number of anilines is 2. The minimum atomic E-state index is -0.159. The van der Waals surface area contributed by atoms with Crippen LogP contribution in [-0.4, -0.2) is 29.3 Å². The Morgan fingerprint density at radius 1 is 1.47 bits per heavy atom. The Kier molecular flexibility index (Phi) is 2.77. The number of aryl methyl sites for hydroxylation is 1. The van der Waals surface area contributed by atoms with E-state index in [9.17, 15) is 5.11 Å². The topological polar surface area (TPSA) is 62.4 Å². The molecule has 1 fully saturated rings. The molecule has 4 heteroatoms. The van der Waals surface area contributed by atoms with Gasteiger partial charge in [-0.3, -0.25) is 0 Å². The number of nitrogen functional groups attached to an aromatic ring is 1. The monoisotopic (exact) mass is 207 g/mol. The van der Waals surface area contributed by atoms with Crippen LogP contribution >= 0.6 is 0 Å². The van der Waals surface area contributed by atoms with Gasteiger partial charge in [0.2, 0.25) is 0 Å². The van der Waals surface area contributed by atoms with Gasteiger partial charge in [-0.1, -0.05) is 0 Å². The summed E-state index contributed by atoms with van der Waals surface area (Å²) in [7, 11) is 0. The highest BCUT2D eigenvalue weighted by Gasteiger charge is 2.19. The Labute approximate surface area is 89.7 Å². The molecule has 82 valence electrons. The van der Waals surface area contributed by atoms with Crippen LogP contribution in [0.5, 0.6) is 0 Å². The van der Waals surface area contributed by atoms with E-state index in [1.807, 2.05) is 19.2 Å².